The topological polar surface area (TPSA) is 93.8 Å². The fraction of sp³-hybridized carbons (Fsp3) is 0. The Morgan fingerprint density at radius 1 is 1.21 bits per heavy atom. The Labute approximate surface area is 106 Å². The molecule has 3 rings (SSSR count). The van der Waals surface area contributed by atoms with Crippen molar-refractivity contribution < 1.29 is 4.92 Å². The van der Waals surface area contributed by atoms with Crippen LogP contribution in [0.5, 0.6) is 0 Å². The zero-order chi connectivity index (χ0) is 13.4. The molecule has 0 unspecified atom stereocenters. The summed E-state index contributed by atoms with van der Waals surface area (Å²) in [7, 11) is 0. The molecule has 7 nitrogen and oxygen atoms in total. The Morgan fingerprint density at radius 3 is 2.63 bits per heavy atom. The van der Waals surface area contributed by atoms with Crippen molar-refractivity contribution in [3.05, 3.63) is 63.1 Å². The van der Waals surface area contributed by atoms with E-state index < -0.39 is 4.92 Å². The Hall–Kier alpha value is -2.96. The van der Waals surface area contributed by atoms with E-state index in [0.29, 0.717) is 16.7 Å². The van der Waals surface area contributed by atoms with Crippen molar-refractivity contribution in [2.45, 2.75) is 0 Å². The molecule has 0 fully saturated rings. The zero-order valence-electron chi connectivity index (χ0n) is 9.61. The average molecular weight is 256 g/mol. The normalized spacial score (nSPS) is 10.7. The van der Waals surface area contributed by atoms with E-state index in [4.69, 9.17) is 0 Å². The third-order valence-corrected chi connectivity index (χ3v) is 2.78. The number of rotatable bonds is 2. The molecule has 19 heavy (non-hydrogen) atoms. The van der Waals surface area contributed by atoms with Crippen LogP contribution in [0.1, 0.15) is 0 Å². The zero-order valence-corrected chi connectivity index (χ0v) is 9.61. The van der Waals surface area contributed by atoms with Gasteiger partial charge in [0.25, 0.3) is 11.2 Å². The van der Waals surface area contributed by atoms with Crippen LogP contribution in [0.25, 0.3) is 16.7 Å². The van der Waals surface area contributed by atoms with Crippen LogP contribution in [-0.2, 0) is 0 Å². The van der Waals surface area contributed by atoms with Gasteiger partial charge in [-0.05, 0) is 24.3 Å². The standard InChI is InChI=1S/C12H8N4O3/c17-12-10-2-1-7-13-11(10)15(14-12)8-3-5-9(6-4-8)16(18)19/h1-7H,(H,14,17). The molecule has 1 aromatic carbocycles. The highest BCUT2D eigenvalue weighted by molar-refractivity contribution is 5.75. The minimum Gasteiger partial charge on any atom is -0.267 e. The monoisotopic (exact) mass is 256 g/mol. The maximum atomic E-state index is 11.7. The molecule has 0 aliphatic rings. The van der Waals surface area contributed by atoms with Gasteiger partial charge in [-0.1, -0.05) is 0 Å². The summed E-state index contributed by atoms with van der Waals surface area (Å²) >= 11 is 0. The van der Waals surface area contributed by atoms with Crippen molar-refractivity contribution in [2.24, 2.45) is 0 Å². The molecule has 0 saturated heterocycles. The van der Waals surface area contributed by atoms with Gasteiger partial charge in [0.05, 0.1) is 16.0 Å². The summed E-state index contributed by atoms with van der Waals surface area (Å²) in [5, 5.41) is 13.7. The molecule has 1 N–H and O–H groups in total. The van der Waals surface area contributed by atoms with Crippen LogP contribution in [0.3, 0.4) is 0 Å². The Bertz CT molecular complexity index is 817. The summed E-state index contributed by atoms with van der Waals surface area (Å²) in [5.74, 6) is 0. The van der Waals surface area contributed by atoms with Gasteiger partial charge in [0.15, 0.2) is 5.65 Å². The van der Waals surface area contributed by atoms with Gasteiger partial charge in [-0.25, -0.2) is 9.67 Å². The predicted molar refractivity (Wildman–Crippen MR) is 68.3 cm³/mol. The van der Waals surface area contributed by atoms with E-state index in [2.05, 4.69) is 10.1 Å². The number of aromatic amines is 1. The predicted octanol–water partition coefficient (Wildman–Crippen LogP) is 1.62. The number of aromatic nitrogens is 3. The van der Waals surface area contributed by atoms with Crippen molar-refractivity contribution >= 4 is 16.7 Å². The molecule has 0 saturated carbocycles. The number of hydrogen-bond acceptors (Lipinski definition) is 4. The maximum absolute atomic E-state index is 11.7. The Morgan fingerprint density at radius 2 is 1.95 bits per heavy atom. The van der Waals surface area contributed by atoms with Gasteiger partial charge >= 0.3 is 0 Å². The van der Waals surface area contributed by atoms with E-state index in [-0.39, 0.29) is 11.2 Å². The van der Waals surface area contributed by atoms with Crippen molar-refractivity contribution in [3.63, 3.8) is 0 Å². The van der Waals surface area contributed by atoms with Gasteiger partial charge in [-0.3, -0.25) is 20.0 Å². The maximum Gasteiger partial charge on any atom is 0.273 e. The number of nitrogens with zero attached hydrogens (tertiary/aromatic N) is 3. The van der Waals surface area contributed by atoms with Crippen molar-refractivity contribution in [3.8, 4) is 5.69 Å². The van der Waals surface area contributed by atoms with Gasteiger partial charge < -0.3 is 0 Å². The minimum absolute atomic E-state index is 0.00415. The van der Waals surface area contributed by atoms with E-state index in [9.17, 15) is 14.9 Å². The largest absolute Gasteiger partial charge is 0.273 e. The molecule has 0 aliphatic carbocycles. The number of non-ortho nitro benzene ring substituents is 1. The van der Waals surface area contributed by atoms with Crippen molar-refractivity contribution in [1.82, 2.24) is 14.8 Å². The first kappa shape index (κ1) is 11.1. The van der Waals surface area contributed by atoms with Crippen LogP contribution in [0, 0.1) is 10.1 Å². The quantitative estimate of drug-likeness (QED) is 0.556. The fourth-order valence-electron chi connectivity index (χ4n) is 1.88. The van der Waals surface area contributed by atoms with Gasteiger partial charge in [0.1, 0.15) is 0 Å². The summed E-state index contributed by atoms with van der Waals surface area (Å²) in [4.78, 5) is 26.0. The minimum atomic E-state index is -0.474. The molecule has 7 heteroatoms. The number of hydrogen-bond donors (Lipinski definition) is 1. The Balaban J connectivity index is 2.19. The number of pyridine rings is 1. The molecule has 2 aromatic heterocycles. The second-order valence-corrected chi connectivity index (χ2v) is 3.92. The van der Waals surface area contributed by atoms with Crippen LogP contribution < -0.4 is 5.56 Å². The molecule has 0 aliphatic heterocycles. The highest BCUT2D eigenvalue weighted by Crippen LogP contribution is 2.17. The summed E-state index contributed by atoms with van der Waals surface area (Å²) in [6.45, 7) is 0. The van der Waals surface area contributed by atoms with Crippen molar-refractivity contribution in [2.75, 3.05) is 0 Å². The molecule has 0 atom stereocenters. The highest BCUT2D eigenvalue weighted by atomic mass is 16.6. The third kappa shape index (κ3) is 1.77. The summed E-state index contributed by atoms with van der Waals surface area (Å²) < 4.78 is 1.50. The molecule has 0 radical (unpaired) electrons. The van der Waals surface area contributed by atoms with Crippen LogP contribution >= 0.6 is 0 Å². The van der Waals surface area contributed by atoms with E-state index in [1.807, 2.05) is 0 Å². The molecule has 0 bridgehead atoms. The van der Waals surface area contributed by atoms with Gasteiger partial charge in [0.2, 0.25) is 0 Å². The third-order valence-electron chi connectivity index (χ3n) is 2.78. The lowest BCUT2D eigenvalue weighted by atomic mass is 10.3. The number of H-pyrrole nitrogens is 1. The molecule has 3 aromatic rings. The lowest BCUT2D eigenvalue weighted by molar-refractivity contribution is -0.384. The van der Waals surface area contributed by atoms with E-state index >= 15 is 0 Å². The Kier molecular flexibility index (Phi) is 2.38. The highest BCUT2D eigenvalue weighted by Gasteiger charge is 2.10. The SMILES string of the molecule is O=c1[nH]n(-c2ccc([N+](=O)[O-])cc2)c2ncccc12. The van der Waals surface area contributed by atoms with Gasteiger partial charge in [0, 0.05) is 18.3 Å². The summed E-state index contributed by atoms with van der Waals surface area (Å²) in [5.41, 5.74) is 0.842. The number of nitro benzene ring substituents is 1. The van der Waals surface area contributed by atoms with Crippen LogP contribution in [0.2, 0.25) is 0 Å². The van der Waals surface area contributed by atoms with Gasteiger partial charge in [-0.15, -0.1) is 0 Å². The molecule has 0 spiro atoms. The summed E-state index contributed by atoms with van der Waals surface area (Å²) in [6.07, 6.45) is 1.58. The van der Waals surface area contributed by atoms with Crippen LogP contribution in [0.4, 0.5) is 5.69 Å². The first-order chi connectivity index (χ1) is 9.16. The first-order valence-corrected chi connectivity index (χ1v) is 5.47. The lowest BCUT2D eigenvalue weighted by Crippen LogP contribution is -2.04. The van der Waals surface area contributed by atoms with E-state index in [1.165, 1.54) is 16.8 Å². The first-order valence-electron chi connectivity index (χ1n) is 5.47. The second-order valence-electron chi connectivity index (χ2n) is 3.92. The number of fused-ring (bicyclic) bond motifs is 1. The van der Waals surface area contributed by atoms with Crippen molar-refractivity contribution in [1.29, 1.82) is 0 Å². The fourth-order valence-corrected chi connectivity index (χ4v) is 1.88. The molecule has 2 heterocycles. The smallest absolute Gasteiger partial charge is 0.267 e. The number of benzene rings is 1. The lowest BCUT2D eigenvalue weighted by Gasteiger charge is -2.02. The van der Waals surface area contributed by atoms with Crippen LogP contribution in [0.15, 0.2) is 47.4 Å². The number of nitro groups is 1. The van der Waals surface area contributed by atoms with Crippen LogP contribution in [-0.4, -0.2) is 19.7 Å². The van der Waals surface area contributed by atoms with E-state index in [1.54, 1.807) is 30.5 Å². The molecular formula is C12H8N4O3. The molecular weight excluding hydrogens is 248 g/mol. The molecule has 94 valence electrons. The second kappa shape index (κ2) is 4.05. The average Bonchev–Trinajstić information content (AvgIpc) is 2.77. The number of nitrogens with one attached hydrogen (secondary N) is 1. The molecule has 0 amide bonds. The van der Waals surface area contributed by atoms with Gasteiger partial charge in [-0.2, -0.15) is 0 Å². The summed E-state index contributed by atoms with van der Waals surface area (Å²) in [6, 6.07) is 9.22. The van der Waals surface area contributed by atoms with E-state index in [0.717, 1.165) is 0 Å².